The second kappa shape index (κ2) is 9.67. The Morgan fingerprint density at radius 1 is 1.18 bits per heavy atom. The predicted molar refractivity (Wildman–Crippen MR) is 115 cm³/mol. The highest BCUT2D eigenvalue weighted by molar-refractivity contribution is 5.15. The van der Waals surface area contributed by atoms with Crippen molar-refractivity contribution in [3.05, 3.63) is 17.7 Å². The van der Waals surface area contributed by atoms with Crippen LogP contribution in [0.5, 0.6) is 0 Å². The average molecular weight is 469 g/mol. The molecule has 2 aromatic rings. The van der Waals surface area contributed by atoms with E-state index >= 15 is 0 Å². The Balaban J connectivity index is 1.59. The summed E-state index contributed by atoms with van der Waals surface area (Å²) in [4.78, 5) is 0. The van der Waals surface area contributed by atoms with E-state index in [-0.39, 0.29) is 30.5 Å². The predicted octanol–water partition coefficient (Wildman–Crippen LogP) is 2.86. The van der Waals surface area contributed by atoms with Crippen molar-refractivity contribution in [2.75, 3.05) is 19.8 Å². The first-order chi connectivity index (χ1) is 15.6. The third-order valence-corrected chi connectivity index (χ3v) is 6.19. The number of hydrogen-bond donors (Lipinski definition) is 1. The number of nitrogens with one attached hydrogen (secondary N) is 1. The minimum absolute atomic E-state index is 0.0181. The second-order valence-corrected chi connectivity index (χ2v) is 9.99. The van der Waals surface area contributed by atoms with Crippen LogP contribution in [0.15, 0.2) is 6.20 Å². The van der Waals surface area contributed by atoms with Crippen LogP contribution in [-0.4, -0.2) is 72.6 Å². The van der Waals surface area contributed by atoms with Crippen LogP contribution in [0.3, 0.4) is 0 Å². The van der Waals surface area contributed by atoms with E-state index in [1.807, 2.05) is 31.6 Å². The number of aromatic nitrogens is 7. The van der Waals surface area contributed by atoms with Gasteiger partial charge in [-0.25, -0.2) is 18.1 Å². The standard InChI is InChI=1S/C21H34F2N8O2/c1-5-14(13-33-20(2,3)4)24-18(17-12-30(28-25-17)15-6-8-32-9-7-15)19-26-27-29-31(19)16-10-21(22,23)11-16/h12,14-16,18,24H,5-11,13H2,1-4H3/t14-,18?/m1/s1. The number of nitrogens with zero attached hydrogens (tertiary/aromatic N) is 7. The third-order valence-electron chi connectivity index (χ3n) is 6.19. The van der Waals surface area contributed by atoms with Gasteiger partial charge >= 0.3 is 0 Å². The summed E-state index contributed by atoms with van der Waals surface area (Å²) in [6, 6.07) is -0.745. The van der Waals surface area contributed by atoms with Gasteiger partial charge in [0.05, 0.1) is 30.5 Å². The van der Waals surface area contributed by atoms with Crippen LogP contribution < -0.4 is 5.32 Å². The third kappa shape index (κ3) is 5.90. The molecule has 2 atom stereocenters. The highest BCUT2D eigenvalue weighted by Gasteiger charge is 2.48. The Morgan fingerprint density at radius 3 is 2.55 bits per heavy atom. The molecule has 0 amide bonds. The van der Waals surface area contributed by atoms with Crippen LogP contribution >= 0.6 is 0 Å². The van der Waals surface area contributed by atoms with Gasteiger partial charge in [-0.15, -0.1) is 10.2 Å². The Hall–Kier alpha value is -2.05. The minimum atomic E-state index is -2.67. The summed E-state index contributed by atoms with van der Waals surface area (Å²) in [6.07, 6.45) is 3.90. The van der Waals surface area contributed by atoms with Gasteiger partial charge in [0.25, 0.3) is 5.92 Å². The Kier molecular flexibility index (Phi) is 7.06. The SMILES string of the molecule is CC[C@H](COC(C)(C)C)NC(c1cn(C2CCOCC2)nn1)c1nnnn1C1CC(F)(F)C1. The number of rotatable bonds is 9. The van der Waals surface area contributed by atoms with Crippen molar-refractivity contribution in [3.8, 4) is 0 Å². The van der Waals surface area contributed by atoms with Gasteiger partial charge < -0.3 is 9.47 Å². The minimum Gasteiger partial charge on any atom is -0.381 e. The lowest BCUT2D eigenvalue weighted by Gasteiger charge is -2.35. The van der Waals surface area contributed by atoms with Gasteiger partial charge in [0, 0.05) is 32.1 Å². The molecular weight excluding hydrogens is 434 g/mol. The van der Waals surface area contributed by atoms with Crippen molar-refractivity contribution in [1.29, 1.82) is 0 Å². The van der Waals surface area contributed by atoms with E-state index in [1.165, 1.54) is 4.68 Å². The number of ether oxygens (including phenoxy) is 2. The van der Waals surface area contributed by atoms with E-state index in [0.29, 0.717) is 31.3 Å². The zero-order valence-corrected chi connectivity index (χ0v) is 19.7. The van der Waals surface area contributed by atoms with Crippen LogP contribution in [0.1, 0.15) is 89.4 Å². The molecular formula is C21H34F2N8O2. The Labute approximate surface area is 192 Å². The lowest BCUT2D eigenvalue weighted by atomic mass is 9.88. The molecule has 2 aromatic heterocycles. The van der Waals surface area contributed by atoms with E-state index in [0.717, 1.165) is 19.3 Å². The number of alkyl halides is 2. The molecule has 0 radical (unpaired) electrons. The summed E-state index contributed by atoms with van der Waals surface area (Å²) in [5.41, 5.74) is 0.369. The monoisotopic (exact) mass is 468 g/mol. The zero-order chi connectivity index (χ0) is 23.6. The average Bonchev–Trinajstić information content (AvgIpc) is 3.42. The fourth-order valence-electron chi connectivity index (χ4n) is 4.17. The molecule has 33 heavy (non-hydrogen) atoms. The number of hydrogen-bond acceptors (Lipinski definition) is 8. The van der Waals surface area contributed by atoms with E-state index < -0.39 is 18.0 Å². The van der Waals surface area contributed by atoms with Gasteiger partial charge in [0.1, 0.15) is 11.7 Å². The second-order valence-electron chi connectivity index (χ2n) is 9.99. The van der Waals surface area contributed by atoms with Gasteiger partial charge in [0.15, 0.2) is 5.82 Å². The fraction of sp³-hybridized carbons (Fsp3) is 0.857. The lowest BCUT2D eigenvalue weighted by molar-refractivity contribution is -0.108. The zero-order valence-electron chi connectivity index (χ0n) is 19.7. The van der Waals surface area contributed by atoms with E-state index in [1.54, 1.807) is 0 Å². The van der Waals surface area contributed by atoms with E-state index in [4.69, 9.17) is 9.47 Å². The van der Waals surface area contributed by atoms with Gasteiger partial charge in [0.2, 0.25) is 0 Å². The van der Waals surface area contributed by atoms with Crippen molar-refractivity contribution >= 4 is 0 Å². The summed E-state index contributed by atoms with van der Waals surface area (Å²) in [7, 11) is 0. The molecule has 1 aliphatic heterocycles. The first-order valence-corrected chi connectivity index (χ1v) is 11.7. The van der Waals surface area contributed by atoms with Crippen molar-refractivity contribution < 1.29 is 18.3 Å². The normalized spacial score (nSPS) is 21.6. The fourth-order valence-corrected chi connectivity index (χ4v) is 4.17. The molecule has 0 bridgehead atoms. The van der Waals surface area contributed by atoms with E-state index in [2.05, 4.69) is 38.1 Å². The molecule has 0 aromatic carbocycles. The molecule has 3 heterocycles. The van der Waals surface area contributed by atoms with Crippen molar-refractivity contribution in [2.24, 2.45) is 0 Å². The maximum Gasteiger partial charge on any atom is 0.252 e. The molecule has 12 heteroatoms. The molecule has 1 saturated heterocycles. The van der Waals surface area contributed by atoms with Gasteiger partial charge in [-0.2, -0.15) is 0 Å². The van der Waals surface area contributed by atoms with Gasteiger partial charge in [-0.1, -0.05) is 12.1 Å². The quantitative estimate of drug-likeness (QED) is 0.599. The van der Waals surface area contributed by atoms with E-state index in [9.17, 15) is 8.78 Å². The van der Waals surface area contributed by atoms with Crippen LogP contribution in [0.25, 0.3) is 0 Å². The summed E-state index contributed by atoms with van der Waals surface area (Å²) in [6.45, 7) is 9.95. The molecule has 2 fully saturated rings. The van der Waals surface area contributed by atoms with Crippen molar-refractivity contribution in [2.45, 2.75) is 95.5 Å². The highest BCUT2D eigenvalue weighted by atomic mass is 19.3. The first kappa shape index (κ1) is 24.1. The molecule has 4 rings (SSSR count). The van der Waals surface area contributed by atoms with Crippen molar-refractivity contribution in [3.63, 3.8) is 0 Å². The number of halogens is 2. The van der Waals surface area contributed by atoms with Gasteiger partial charge in [-0.3, -0.25) is 5.32 Å². The molecule has 2 aliphatic rings. The van der Waals surface area contributed by atoms with Gasteiger partial charge in [-0.05, 0) is 50.5 Å². The Morgan fingerprint density at radius 2 is 1.91 bits per heavy atom. The van der Waals surface area contributed by atoms with Crippen molar-refractivity contribution in [1.82, 2.24) is 40.5 Å². The smallest absolute Gasteiger partial charge is 0.252 e. The molecule has 1 unspecified atom stereocenters. The molecule has 1 saturated carbocycles. The summed E-state index contributed by atoms with van der Waals surface area (Å²) in [5, 5.41) is 24.4. The highest BCUT2D eigenvalue weighted by Crippen LogP contribution is 2.45. The number of tetrazole rings is 1. The maximum absolute atomic E-state index is 13.6. The summed E-state index contributed by atoms with van der Waals surface area (Å²) < 4.78 is 42.0. The van der Waals surface area contributed by atoms with Crippen LogP contribution in [-0.2, 0) is 9.47 Å². The van der Waals surface area contributed by atoms with Crippen LogP contribution in [0, 0.1) is 0 Å². The molecule has 10 nitrogen and oxygen atoms in total. The topological polar surface area (TPSA) is 105 Å². The summed E-state index contributed by atoms with van der Waals surface area (Å²) in [5.74, 6) is -2.21. The summed E-state index contributed by atoms with van der Waals surface area (Å²) >= 11 is 0. The molecule has 184 valence electrons. The maximum atomic E-state index is 13.6. The molecule has 1 aliphatic carbocycles. The molecule has 1 N–H and O–H groups in total. The lowest BCUT2D eigenvalue weighted by Crippen LogP contribution is -2.42. The Bertz CT molecular complexity index is 898. The van der Waals surface area contributed by atoms with Crippen LogP contribution in [0.2, 0.25) is 0 Å². The van der Waals surface area contributed by atoms with Crippen LogP contribution in [0.4, 0.5) is 8.78 Å². The largest absolute Gasteiger partial charge is 0.381 e. The first-order valence-electron chi connectivity index (χ1n) is 11.7. The molecule has 0 spiro atoms.